The lowest BCUT2D eigenvalue weighted by Crippen LogP contribution is -2.45. The van der Waals surface area contributed by atoms with Gasteiger partial charge in [0.25, 0.3) is 0 Å². The van der Waals surface area contributed by atoms with E-state index in [0.29, 0.717) is 6.04 Å². The van der Waals surface area contributed by atoms with Crippen molar-refractivity contribution in [3.63, 3.8) is 0 Å². The summed E-state index contributed by atoms with van der Waals surface area (Å²) in [5.74, 6) is 2.32. The summed E-state index contributed by atoms with van der Waals surface area (Å²) in [4.78, 5) is 2.73. The number of rotatable bonds is 10. The highest BCUT2D eigenvalue weighted by molar-refractivity contribution is 7.98. The molecular formula is C20H34N2S. The molecule has 1 aliphatic rings. The Hall–Kier alpha value is -0.510. The van der Waals surface area contributed by atoms with Gasteiger partial charge >= 0.3 is 0 Å². The predicted molar refractivity (Wildman–Crippen MR) is 104 cm³/mol. The molecule has 130 valence electrons. The summed E-state index contributed by atoms with van der Waals surface area (Å²) in [6.45, 7) is 8.15. The van der Waals surface area contributed by atoms with Gasteiger partial charge in [0.1, 0.15) is 0 Å². The summed E-state index contributed by atoms with van der Waals surface area (Å²) in [5.41, 5.74) is 1.43. The van der Waals surface area contributed by atoms with Crippen molar-refractivity contribution in [2.24, 2.45) is 0 Å². The maximum absolute atomic E-state index is 3.63. The van der Waals surface area contributed by atoms with E-state index in [0.717, 1.165) is 24.9 Å². The van der Waals surface area contributed by atoms with Gasteiger partial charge in [0.2, 0.25) is 0 Å². The van der Waals surface area contributed by atoms with Gasteiger partial charge in [0.05, 0.1) is 0 Å². The third kappa shape index (κ3) is 7.28. The van der Waals surface area contributed by atoms with E-state index < -0.39 is 0 Å². The van der Waals surface area contributed by atoms with Crippen LogP contribution in [-0.2, 0) is 5.75 Å². The second-order valence-electron chi connectivity index (χ2n) is 6.91. The van der Waals surface area contributed by atoms with Crippen molar-refractivity contribution in [1.82, 2.24) is 10.2 Å². The van der Waals surface area contributed by atoms with Gasteiger partial charge in [-0.2, -0.15) is 11.8 Å². The molecule has 1 fully saturated rings. The first-order chi connectivity index (χ1) is 11.3. The van der Waals surface area contributed by atoms with Crippen molar-refractivity contribution in [3.05, 3.63) is 35.9 Å². The van der Waals surface area contributed by atoms with Gasteiger partial charge in [0, 0.05) is 43.2 Å². The van der Waals surface area contributed by atoms with E-state index in [9.17, 15) is 0 Å². The molecule has 1 N–H and O–H groups in total. The van der Waals surface area contributed by atoms with E-state index in [2.05, 4.69) is 54.4 Å². The largest absolute Gasteiger partial charge is 0.315 e. The highest BCUT2D eigenvalue weighted by Gasteiger charge is 2.22. The monoisotopic (exact) mass is 334 g/mol. The standard InChI is InChI=1S/C20H34N2S/c1-18(2)22(20-11-7-4-8-12-20)15-13-21-14-16-23-17-19-9-5-3-6-10-19/h3,5-6,9-10,18,20-21H,4,7-8,11-17H2,1-2H3. The van der Waals surface area contributed by atoms with Crippen molar-refractivity contribution in [3.8, 4) is 0 Å². The van der Waals surface area contributed by atoms with Crippen molar-refractivity contribution < 1.29 is 0 Å². The van der Waals surface area contributed by atoms with Crippen molar-refractivity contribution in [2.75, 3.05) is 25.4 Å². The van der Waals surface area contributed by atoms with Crippen LogP contribution in [0.4, 0.5) is 0 Å². The van der Waals surface area contributed by atoms with Crippen LogP contribution in [0.25, 0.3) is 0 Å². The van der Waals surface area contributed by atoms with Crippen LogP contribution in [0.3, 0.4) is 0 Å². The molecule has 0 bridgehead atoms. The highest BCUT2D eigenvalue weighted by atomic mass is 32.2. The van der Waals surface area contributed by atoms with Crippen molar-refractivity contribution >= 4 is 11.8 Å². The van der Waals surface area contributed by atoms with Crippen LogP contribution in [0.5, 0.6) is 0 Å². The van der Waals surface area contributed by atoms with Crippen LogP contribution in [0.2, 0.25) is 0 Å². The molecule has 1 aromatic rings. The Morgan fingerprint density at radius 2 is 1.83 bits per heavy atom. The Balaban J connectivity index is 1.54. The van der Waals surface area contributed by atoms with Crippen molar-refractivity contribution in [1.29, 1.82) is 0 Å². The molecule has 23 heavy (non-hydrogen) atoms. The zero-order valence-corrected chi connectivity index (χ0v) is 15.8. The Kier molecular flexibility index (Phi) is 9.10. The molecular weight excluding hydrogens is 300 g/mol. The zero-order chi connectivity index (χ0) is 16.3. The van der Waals surface area contributed by atoms with Crippen LogP contribution in [0.1, 0.15) is 51.5 Å². The lowest BCUT2D eigenvalue weighted by molar-refractivity contribution is 0.122. The summed E-state index contributed by atoms with van der Waals surface area (Å²) in [6.07, 6.45) is 7.12. The van der Waals surface area contributed by atoms with Gasteiger partial charge in [-0.25, -0.2) is 0 Å². The Labute approximate surface area is 147 Å². The Bertz CT molecular complexity index is 401. The molecule has 0 aliphatic heterocycles. The van der Waals surface area contributed by atoms with E-state index in [1.54, 1.807) is 0 Å². The van der Waals surface area contributed by atoms with E-state index in [-0.39, 0.29) is 0 Å². The second kappa shape index (κ2) is 11.1. The van der Waals surface area contributed by atoms with Crippen molar-refractivity contribution in [2.45, 2.75) is 63.8 Å². The van der Waals surface area contributed by atoms with E-state index in [4.69, 9.17) is 0 Å². The summed E-state index contributed by atoms with van der Waals surface area (Å²) in [5, 5.41) is 3.63. The summed E-state index contributed by atoms with van der Waals surface area (Å²) in [6, 6.07) is 12.3. The van der Waals surface area contributed by atoms with Gasteiger partial charge in [-0.05, 0) is 32.3 Å². The first kappa shape index (κ1) is 18.8. The van der Waals surface area contributed by atoms with Gasteiger partial charge in [0.15, 0.2) is 0 Å². The minimum Gasteiger partial charge on any atom is -0.315 e. The SMILES string of the molecule is CC(C)N(CCNCCSCc1ccccc1)C1CCCCC1. The fraction of sp³-hybridized carbons (Fsp3) is 0.700. The first-order valence-electron chi connectivity index (χ1n) is 9.35. The lowest BCUT2D eigenvalue weighted by atomic mass is 9.93. The number of nitrogens with zero attached hydrogens (tertiary/aromatic N) is 1. The van der Waals surface area contributed by atoms with Crippen LogP contribution < -0.4 is 5.32 Å². The fourth-order valence-corrected chi connectivity index (χ4v) is 4.38. The van der Waals surface area contributed by atoms with E-state index >= 15 is 0 Å². The number of benzene rings is 1. The number of thioether (sulfide) groups is 1. The molecule has 2 nitrogen and oxygen atoms in total. The zero-order valence-electron chi connectivity index (χ0n) is 15.0. The molecule has 0 amide bonds. The highest BCUT2D eigenvalue weighted by Crippen LogP contribution is 2.23. The topological polar surface area (TPSA) is 15.3 Å². The molecule has 1 saturated carbocycles. The minimum atomic E-state index is 0.673. The third-order valence-corrected chi connectivity index (χ3v) is 5.82. The summed E-state index contributed by atoms with van der Waals surface area (Å²) in [7, 11) is 0. The van der Waals surface area contributed by atoms with E-state index in [1.807, 2.05) is 11.8 Å². The maximum Gasteiger partial charge on any atom is 0.0185 e. The van der Waals surface area contributed by atoms with E-state index in [1.165, 1.54) is 50.0 Å². The predicted octanol–water partition coefficient (Wildman–Crippen LogP) is 4.55. The molecule has 1 aliphatic carbocycles. The molecule has 1 aromatic carbocycles. The lowest BCUT2D eigenvalue weighted by Gasteiger charge is -2.37. The van der Waals surface area contributed by atoms with Gasteiger partial charge in [-0.1, -0.05) is 49.6 Å². The molecule has 3 heteroatoms. The van der Waals surface area contributed by atoms with Crippen LogP contribution in [-0.4, -0.2) is 42.4 Å². The molecule has 0 heterocycles. The Morgan fingerprint density at radius 3 is 2.52 bits per heavy atom. The van der Waals surface area contributed by atoms with Gasteiger partial charge in [-0.3, -0.25) is 4.90 Å². The normalized spacial score (nSPS) is 16.3. The second-order valence-corrected chi connectivity index (χ2v) is 8.02. The first-order valence-corrected chi connectivity index (χ1v) is 10.5. The number of hydrogen-bond donors (Lipinski definition) is 1. The Morgan fingerprint density at radius 1 is 1.09 bits per heavy atom. The molecule has 0 unspecified atom stereocenters. The quantitative estimate of drug-likeness (QED) is 0.632. The third-order valence-electron chi connectivity index (χ3n) is 4.79. The minimum absolute atomic E-state index is 0.673. The number of hydrogen-bond acceptors (Lipinski definition) is 3. The molecule has 0 aromatic heterocycles. The summed E-state index contributed by atoms with van der Waals surface area (Å²) < 4.78 is 0. The van der Waals surface area contributed by atoms with Gasteiger partial charge < -0.3 is 5.32 Å². The van der Waals surface area contributed by atoms with Gasteiger partial charge in [-0.15, -0.1) is 0 Å². The molecule has 2 rings (SSSR count). The molecule has 0 radical (unpaired) electrons. The van der Waals surface area contributed by atoms with Crippen LogP contribution in [0.15, 0.2) is 30.3 Å². The molecule has 0 atom stereocenters. The molecule has 0 saturated heterocycles. The smallest absolute Gasteiger partial charge is 0.0185 e. The fourth-order valence-electron chi connectivity index (χ4n) is 3.52. The summed E-state index contributed by atoms with van der Waals surface area (Å²) >= 11 is 2.02. The van der Waals surface area contributed by atoms with Crippen LogP contribution in [0, 0.1) is 0 Å². The molecule has 0 spiro atoms. The van der Waals surface area contributed by atoms with Crippen LogP contribution >= 0.6 is 11.8 Å². The average Bonchev–Trinajstić information content (AvgIpc) is 2.58. The number of nitrogens with one attached hydrogen (secondary N) is 1. The maximum atomic E-state index is 3.63. The average molecular weight is 335 g/mol.